The molecule has 34 heavy (non-hydrogen) atoms. The molecule has 1 aliphatic rings. The Balaban J connectivity index is 1.64. The lowest BCUT2D eigenvalue weighted by Crippen LogP contribution is -2.41. The first-order valence-corrected chi connectivity index (χ1v) is 12.5. The van der Waals surface area contributed by atoms with E-state index in [1.807, 2.05) is 13.0 Å². The third-order valence-corrected chi connectivity index (χ3v) is 7.41. The lowest BCUT2D eigenvalue weighted by atomic mass is 9.97. The molecule has 9 nitrogen and oxygen atoms in total. The summed E-state index contributed by atoms with van der Waals surface area (Å²) in [6, 6.07) is 12.5. The van der Waals surface area contributed by atoms with Gasteiger partial charge in [0.25, 0.3) is 0 Å². The van der Waals surface area contributed by atoms with Crippen molar-refractivity contribution < 1.29 is 27.5 Å². The average Bonchev–Trinajstić information content (AvgIpc) is 2.85. The number of nitrogens with one attached hydrogen (secondary N) is 1. The number of hydrogen-bond donors (Lipinski definition) is 1. The molecule has 0 spiro atoms. The number of esters is 1. The number of carbonyl (C=O) groups excluding carboxylic acids is 2. The van der Waals surface area contributed by atoms with E-state index in [0.717, 1.165) is 0 Å². The highest BCUT2D eigenvalue weighted by atomic mass is 32.2. The lowest BCUT2D eigenvalue weighted by molar-refractivity contribution is -0.120. The summed E-state index contributed by atoms with van der Waals surface area (Å²) in [4.78, 5) is 24.7. The van der Waals surface area contributed by atoms with Crippen molar-refractivity contribution in [2.45, 2.75) is 31.6 Å². The monoisotopic (exact) mass is 485 g/mol. The normalized spacial score (nSPS) is 14.7. The molecule has 180 valence electrons. The van der Waals surface area contributed by atoms with Crippen LogP contribution in [0.1, 0.15) is 42.6 Å². The fourth-order valence-electron chi connectivity index (χ4n) is 3.70. The number of carbonyl (C=O) groups is 2. The maximum absolute atomic E-state index is 13.0. The summed E-state index contributed by atoms with van der Waals surface area (Å²) < 4.78 is 37.8. The molecule has 0 radical (unpaired) electrons. The van der Waals surface area contributed by atoms with Gasteiger partial charge in [0.05, 0.1) is 41.0 Å². The van der Waals surface area contributed by atoms with Crippen molar-refractivity contribution in [3.8, 4) is 11.8 Å². The van der Waals surface area contributed by atoms with Crippen LogP contribution in [-0.2, 0) is 19.6 Å². The molecule has 10 heteroatoms. The summed E-state index contributed by atoms with van der Waals surface area (Å²) in [5.74, 6) is -0.656. The number of rotatable bonds is 8. The van der Waals surface area contributed by atoms with Gasteiger partial charge >= 0.3 is 5.97 Å². The molecule has 1 N–H and O–H groups in total. The van der Waals surface area contributed by atoms with E-state index < -0.39 is 16.0 Å². The zero-order valence-corrected chi connectivity index (χ0v) is 19.9. The van der Waals surface area contributed by atoms with Crippen molar-refractivity contribution in [3.05, 3.63) is 53.6 Å². The van der Waals surface area contributed by atoms with Gasteiger partial charge in [-0.1, -0.05) is 0 Å². The van der Waals surface area contributed by atoms with E-state index in [1.165, 1.54) is 28.6 Å². The zero-order chi connectivity index (χ0) is 24.7. The van der Waals surface area contributed by atoms with Crippen molar-refractivity contribution in [2.24, 2.45) is 5.92 Å². The standard InChI is InChI=1S/C24H27N3O6S/c1-3-32-22-10-5-17(16-25)15-21(22)26-23(28)18-11-13-27(14-12-18)34(30,31)20-8-6-19(7-9-20)24(29)33-4-2/h5-10,15,18H,3-4,11-14H2,1-2H3,(H,26,28). The van der Waals surface area contributed by atoms with Crippen molar-refractivity contribution in [3.63, 3.8) is 0 Å². The highest BCUT2D eigenvalue weighted by Gasteiger charge is 2.32. The molecule has 1 heterocycles. The molecule has 1 fully saturated rings. The highest BCUT2D eigenvalue weighted by molar-refractivity contribution is 7.89. The molecular formula is C24H27N3O6S. The van der Waals surface area contributed by atoms with Gasteiger partial charge in [0.15, 0.2) is 0 Å². The van der Waals surface area contributed by atoms with E-state index in [2.05, 4.69) is 5.32 Å². The maximum Gasteiger partial charge on any atom is 0.338 e. The van der Waals surface area contributed by atoms with Crippen molar-refractivity contribution >= 4 is 27.6 Å². The van der Waals surface area contributed by atoms with Gasteiger partial charge in [0.1, 0.15) is 5.75 Å². The van der Waals surface area contributed by atoms with Crippen molar-refractivity contribution in [1.29, 1.82) is 5.26 Å². The van der Waals surface area contributed by atoms with Crippen LogP contribution in [-0.4, -0.2) is 50.9 Å². The highest BCUT2D eigenvalue weighted by Crippen LogP contribution is 2.29. The Kier molecular flexibility index (Phi) is 8.26. The molecule has 1 aliphatic heterocycles. The van der Waals surface area contributed by atoms with E-state index in [1.54, 1.807) is 25.1 Å². The van der Waals surface area contributed by atoms with Crippen LogP contribution in [0.25, 0.3) is 0 Å². The molecule has 2 aromatic rings. The summed E-state index contributed by atoms with van der Waals surface area (Å²) >= 11 is 0. The van der Waals surface area contributed by atoms with Gasteiger partial charge in [-0.25, -0.2) is 13.2 Å². The number of ether oxygens (including phenoxy) is 2. The lowest BCUT2D eigenvalue weighted by Gasteiger charge is -2.30. The Labute approximate surface area is 199 Å². The summed E-state index contributed by atoms with van der Waals surface area (Å²) in [7, 11) is -3.75. The summed E-state index contributed by atoms with van der Waals surface area (Å²) in [5, 5.41) is 12.0. The van der Waals surface area contributed by atoms with E-state index in [4.69, 9.17) is 14.7 Å². The van der Waals surface area contributed by atoms with Crippen LogP contribution in [0.15, 0.2) is 47.4 Å². The minimum absolute atomic E-state index is 0.0816. The molecule has 2 aromatic carbocycles. The summed E-state index contributed by atoms with van der Waals surface area (Å²) in [5.41, 5.74) is 1.10. The molecule has 3 rings (SSSR count). The second kappa shape index (κ2) is 11.1. The van der Waals surface area contributed by atoms with Crippen molar-refractivity contribution in [2.75, 3.05) is 31.6 Å². The van der Waals surface area contributed by atoms with Gasteiger partial charge in [0, 0.05) is 19.0 Å². The van der Waals surface area contributed by atoms with Crippen LogP contribution in [0.2, 0.25) is 0 Å². The summed E-state index contributed by atoms with van der Waals surface area (Å²) in [6.45, 7) is 4.55. The van der Waals surface area contributed by atoms with E-state index in [9.17, 15) is 18.0 Å². The number of nitriles is 1. The number of nitrogens with zero attached hydrogens (tertiary/aromatic N) is 2. The molecule has 0 atom stereocenters. The Hall–Kier alpha value is -3.42. The Morgan fingerprint density at radius 1 is 1.09 bits per heavy atom. The van der Waals surface area contributed by atoms with Gasteiger partial charge in [-0.15, -0.1) is 0 Å². The van der Waals surface area contributed by atoms with Gasteiger partial charge in [-0.05, 0) is 69.2 Å². The van der Waals surface area contributed by atoms with Crippen LogP contribution in [0.4, 0.5) is 5.69 Å². The van der Waals surface area contributed by atoms with E-state index in [0.29, 0.717) is 36.4 Å². The first-order valence-electron chi connectivity index (χ1n) is 11.0. The minimum Gasteiger partial charge on any atom is -0.492 e. The topological polar surface area (TPSA) is 126 Å². The Morgan fingerprint density at radius 2 is 1.76 bits per heavy atom. The van der Waals surface area contributed by atoms with Crippen LogP contribution in [0.5, 0.6) is 5.75 Å². The molecule has 1 amide bonds. The first kappa shape index (κ1) is 25.2. The van der Waals surface area contributed by atoms with Gasteiger partial charge < -0.3 is 14.8 Å². The fraction of sp³-hybridized carbons (Fsp3) is 0.375. The van der Waals surface area contributed by atoms with Gasteiger partial charge in [0.2, 0.25) is 15.9 Å². The second-order valence-electron chi connectivity index (χ2n) is 7.67. The predicted octanol–water partition coefficient (Wildman–Crippen LogP) is 3.17. The van der Waals surface area contributed by atoms with Crippen molar-refractivity contribution in [1.82, 2.24) is 4.31 Å². The molecular weight excluding hydrogens is 458 g/mol. The number of piperidine rings is 1. The number of sulfonamides is 1. The minimum atomic E-state index is -3.75. The summed E-state index contributed by atoms with van der Waals surface area (Å²) in [6.07, 6.45) is 0.710. The molecule has 0 aliphatic carbocycles. The van der Waals surface area contributed by atoms with Gasteiger partial charge in [-0.3, -0.25) is 4.79 Å². The van der Waals surface area contributed by atoms with E-state index in [-0.39, 0.29) is 42.0 Å². The van der Waals surface area contributed by atoms with Crippen LogP contribution >= 0.6 is 0 Å². The molecule has 0 aromatic heterocycles. The van der Waals surface area contributed by atoms with Gasteiger partial charge in [-0.2, -0.15) is 9.57 Å². The fourth-order valence-corrected chi connectivity index (χ4v) is 5.17. The average molecular weight is 486 g/mol. The Bertz CT molecular complexity index is 1180. The number of amides is 1. The quantitative estimate of drug-likeness (QED) is 0.569. The molecule has 0 unspecified atom stereocenters. The third kappa shape index (κ3) is 5.73. The largest absolute Gasteiger partial charge is 0.492 e. The Morgan fingerprint density at radius 3 is 2.35 bits per heavy atom. The molecule has 0 saturated carbocycles. The van der Waals surface area contributed by atoms with Crippen LogP contribution in [0.3, 0.4) is 0 Å². The third-order valence-electron chi connectivity index (χ3n) is 5.49. The van der Waals surface area contributed by atoms with Crippen LogP contribution < -0.4 is 10.1 Å². The zero-order valence-electron chi connectivity index (χ0n) is 19.1. The number of hydrogen-bond acceptors (Lipinski definition) is 7. The first-order chi connectivity index (χ1) is 16.3. The molecule has 1 saturated heterocycles. The second-order valence-corrected chi connectivity index (χ2v) is 9.61. The number of anilines is 1. The predicted molar refractivity (Wildman–Crippen MR) is 125 cm³/mol. The SMILES string of the molecule is CCOC(=O)c1ccc(S(=O)(=O)N2CCC(C(=O)Nc3cc(C#N)ccc3OCC)CC2)cc1. The smallest absolute Gasteiger partial charge is 0.338 e. The molecule has 0 bridgehead atoms. The number of benzene rings is 2. The van der Waals surface area contributed by atoms with E-state index >= 15 is 0 Å². The van der Waals surface area contributed by atoms with Crippen LogP contribution in [0, 0.1) is 17.2 Å². The maximum atomic E-state index is 13.0.